The first-order valence-electron chi connectivity index (χ1n) is 10.5. The molecule has 0 radical (unpaired) electrons. The van der Waals surface area contributed by atoms with E-state index in [1.54, 1.807) is 26.1 Å². The summed E-state index contributed by atoms with van der Waals surface area (Å²) >= 11 is 0. The van der Waals surface area contributed by atoms with Gasteiger partial charge in [0.05, 0.1) is 0 Å². The third-order valence-electron chi connectivity index (χ3n) is 6.01. The van der Waals surface area contributed by atoms with Crippen LogP contribution < -0.4 is 15.3 Å². The van der Waals surface area contributed by atoms with E-state index >= 15 is 0 Å². The lowest BCUT2D eigenvalue weighted by Gasteiger charge is -2.37. The molecular weight excluding hydrogens is 394 g/mol. The molecule has 3 aromatic rings. The fraction of sp³-hybridized carbons (Fsp3) is 0.375. The largest absolute Gasteiger partial charge is 0.481 e. The number of amides is 1. The first kappa shape index (κ1) is 20.9. The van der Waals surface area contributed by atoms with Crippen molar-refractivity contribution in [2.24, 2.45) is 0 Å². The van der Waals surface area contributed by atoms with Gasteiger partial charge in [0, 0.05) is 61.3 Å². The first-order chi connectivity index (χ1) is 14.8. The number of rotatable bonds is 4. The molecule has 1 saturated heterocycles. The smallest absolute Gasteiger partial charge is 0.339 e. The minimum atomic E-state index is -0.634. The molecule has 0 saturated carbocycles. The number of piperazine rings is 1. The molecular formula is C24H27N3O4. The fourth-order valence-electron chi connectivity index (χ4n) is 4.00. The lowest BCUT2D eigenvalue weighted by Crippen LogP contribution is -2.52. The summed E-state index contributed by atoms with van der Waals surface area (Å²) in [6.45, 7) is 10.3. The second-order valence-corrected chi connectivity index (χ2v) is 8.03. The van der Waals surface area contributed by atoms with Crippen LogP contribution in [0.15, 0.2) is 45.9 Å². The van der Waals surface area contributed by atoms with Crippen LogP contribution in [0.1, 0.15) is 23.6 Å². The monoisotopic (exact) mass is 421 g/mol. The predicted molar refractivity (Wildman–Crippen MR) is 120 cm³/mol. The number of nitrogens with zero attached hydrogens (tertiary/aromatic N) is 3. The molecule has 1 aliphatic rings. The van der Waals surface area contributed by atoms with Crippen LogP contribution in [0.5, 0.6) is 5.75 Å². The topological polar surface area (TPSA) is 75.9 Å². The van der Waals surface area contributed by atoms with Crippen LogP contribution >= 0.6 is 0 Å². The molecule has 1 aromatic carbocycles. The summed E-state index contributed by atoms with van der Waals surface area (Å²) in [5.74, 6) is 0.457. The van der Waals surface area contributed by atoms with Crippen molar-refractivity contribution < 1.29 is 13.9 Å². The van der Waals surface area contributed by atoms with Crippen LogP contribution in [-0.2, 0) is 4.79 Å². The Labute approximate surface area is 181 Å². The molecule has 1 unspecified atom stereocenters. The van der Waals surface area contributed by atoms with E-state index in [9.17, 15) is 9.59 Å². The second-order valence-electron chi connectivity index (χ2n) is 8.03. The standard InChI is InChI=1S/C24H27N3O4/c1-15-14-25-8-7-21(15)26-9-11-27(12-10-26)23(28)18(4)30-19-5-6-20-16(2)17(3)24(29)31-22(20)13-19/h5-8,13-14,18H,9-12H2,1-4H3. The van der Waals surface area contributed by atoms with E-state index in [4.69, 9.17) is 9.15 Å². The number of aryl methyl sites for hydroxylation is 2. The molecule has 1 fully saturated rings. The molecule has 1 aliphatic heterocycles. The van der Waals surface area contributed by atoms with Gasteiger partial charge < -0.3 is 19.0 Å². The number of anilines is 1. The Hall–Kier alpha value is -3.35. The van der Waals surface area contributed by atoms with E-state index in [0.717, 1.165) is 35.3 Å². The maximum absolute atomic E-state index is 12.9. The number of fused-ring (bicyclic) bond motifs is 1. The summed E-state index contributed by atoms with van der Waals surface area (Å²) in [6.07, 6.45) is 3.02. The Morgan fingerprint density at radius 3 is 2.55 bits per heavy atom. The Kier molecular flexibility index (Phi) is 5.67. The summed E-state index contributed by atoms with van der Waals surface area (Å²) in [5.41, 5.74) is 3.90. The van der Waals surface area contributed by atoms with Gasteiger partial charge in [0.1, 0.15) is 11.3 Å². The molecule has 0 bridgehead atoms. The molecule has 2 aromatic heterocycles. The van der Waals surface area contributed by atoms with Gasteiger partial charge >= 0.3 is 5.63 Å². The highest BCUT2D eigenvalue weighted by Crippen LogP contribution is 2.25. The third kappa shape index (κ3) is 4.13. The third-order valence-corrected chi connectivity index (χ3v) is 6.01. The number of aromatic nitrogens is 1. The second kappa shape index (κ2) is 8.41. The van der Waals surface area contributed by atoms with Gasteiger partial charge in [-0.3, -0.25) is 9.78 Å². The molecule has 7 nitrogen and oxygen atoms in total. The van der Waals surface area contributed by atoms with Gasteiger partial charge in [-0.1, -0.05) is 0 Å². The minimum absolute atomic E-state index is 0.0484. The number of pyridine rings is 1. The number of hydrogen-bond donors (Lipinski definition) is 0. The summed E-state index contributed by atoms with van der Waals surface area (Å²) in [7, 11) is 0. The SMILES string of the molecule is Cc1cnccc1N1CCN(C(=O)C(C)Oc2ccc3c(C)c(C)c(=O)oc3c2)CC1. The van der Waals surface area contributed by atoms with Gasteiger partial charge in [-0.25, -0.2) is 4.79 Å². The van der Waals surface area contributed by atoms with Crippen LogP contribution in [0.2, 0.25) is 0 Å². The van der Waals surface area contributed by atoms with E-state index in [1.165, 1.54) is 0 Å². The van der Waals surface area contributed by atoms with Crippen molar-refractivity contribution in [1.82, 2.24) is 9.88 Å². The zero-order valence-corrected chi connectivity index (χ0v) is 18.3. The van der Waals surface area contributed by atoms with E-state index < -0.39 is 6.10 Å². The first-order valence-corrected chi connectivity index (χ1v) is 10.5. The molecule has 31 heavy (non-hydrogen) atoms. The van der Waals surface area contributed by atoms with Gasteiger partial charge in [-0.15, -0.1) is 0 Å². The van der Waals surface area contributed by atoms with Gasteiger partial charge in [0.15, 0.2) is 6.10 Å². The van der Waals surface area contributed by atoms with Crippen molar-refractivity contribution in [1.29, 1.82) is 0 Å². The molecule has 1 atom stereocenters. The highest BCUT2D eigenvalue weighted by molar-refractivity contribution is 5.83. The fourth-order valence-corrected chi connectivity index (χ4v) is 4.00. The molecule has 7 heteroatoms. The average molecular weight is 421 g/mol. The Bertz CT molecular complexity index is 1180. The van der Waals surface area contributed by atoms with E-state index in [-0.39, 0.29) is 11.5 Å². The van der Waals surface area contributed by atoms with Crippen LogP contribution in [0.25, 0.3) is 11.0 Å². The van der Waals surface area contributed by atoms with Gasteiger partial charge in [0.25, 0.3) is 5.91 Å². The molecule has 0 aliphatic carbocycles. The summed E-state index contributed by atoms with van der Waals surface area (Å²) in [4.78, 5) is 33.2. The molecule has 3 heterocycles. The van der Waals surface area contributed by atoms with Gasteiger partial charge in [0.2, 0.25) is 0 Å². The van der Waals surface area contributed by atoms with E-state index in [1.807, 2.05) is 43.1 Å². The molecule has 1 amide bonds. The van der Waals surface area contributed by atoms with Crippen molar-refractivity contribution in [3.05, 3.63) is 63.8 Å². The molecule has 4 rings (SSSR count). The number of carbonyl (C=O) groups is 1. The minimum Gasteiger partial charge on any atom is -0.481 e. The number of benzene rings is 1. The lowest BCUT2D eigenvalue weighted by molar-refractivity contribution is -0.138. The highest BCUT2D eigenvalue weighted by Gasteiger charge is 2.26. The lowest BCUT2D eigenvalue weighted by atomic mass is 10.1. The van der Waals surface area contributed by atoms with E-state index in [0.29, 0.717) is 30.0 Å². The van der Waals surface area contributed by atoms with Gasteiger partial charge in [-0.2, -0.15) is 0 Å². The predicted octanol–water partition coefficient (Wildman–Crippen LogP) is 3.23. The Morgan fingerprint density at radius 2 is 1.84 bits per heavy atom. The zero-order valence-electron chi connectivity index (χ0n) is 18.3. The maximum Gasteiger partial charge on any atom is 0.339 e. The summed E-state index contributed by atoms with van der Waals surface area (Å²) < 4.78 is 11.3. The molecule has 0 N–H and O–H groups in total. The summed E-state index contributed by atoms with van der Waals surface area (Å²) in [5, 5.41) is 0.867. The average Bonchev–Trinajstić information content (AvgIpc) is 2.77. The Balaban J connectivity index is 1.42. The normalized spacial score (nSPS) is 15.2. The van der Waals surface area contributed by atoms with Crippen LogP contribution in [0, 0.1) is 20.8 Å². The van der Waals surface area contributed by atoms with Crippen molar-refractivity contribution in [3.8, 4) is 5.75 Å². The Morgan fingerprint density at radius 1 is 1.10 bits per heavy atom. The zero-order chi connectivity index (χ0) is 22.1. The van der Waals surface area contributed by atoms with Crippen LogP contribution in [0.3, 0.4) is 0 Å². The van der Waals surface area contributed by atoms with Crippen molar-refractivity contribution in [2.45, 2.75) is 33.8 Å². The summed E-state index contributed by atoms with van der Waals surface area (Å²) in [6, 6.07) is 7.36. The highest BCUT2D eigenvalue weighted by atomic mass is 16.5. The van der Waals surface area contributed by atoms with Crippen molar-refractivity contribution in [2.75, 3.05) is 31.1 Å². The molecule has 162 valence electrons. The number of carbonyl (C=O) groups excluding carboxylic acids is 1. The number of ether oxygens (including phenoxy) is 1. The van der Waals surface area contributed by atoms with Gasteiger partial charge in [-0.05, 0) is 57.0 Å². The maximum atomic E-state index is 12.9. The quantitative estimate of drug-likeness (QED) is 0.602. The van der Waals surface area contributed by atoms with Crippen LogP contribution in [-0.4, -0.2) is 48.1 Å². The van der Waals surface area contributed by atoms with E-state index in [2.05, 4.69) is 9.88 Å². The number of hydrogen-bond acceptors (Lipinski definition) is 6. The van der Waals surface area contributed by atoms with Crippen LogP contribution in [0.4, 0.5) is 5.69 Å². The van der Waals surface area contributed by atoms with Crippen molar-refractivity contribution in [3.63, 3.8) is 0 Å². The molecule has 0 spiro atoms. The van der Waals surface area contributed by atoms with Crippen molar-refractivity contribution >= 4 is 22.6 Å².